The number of alkyl halides is 3. The number of halogens is 4. The number of hydrogen-bond donors (Lipinski definition) is 2. The quantitative estimate of drug-likeness (QED) is 0.875. The molecule has 0 saturated heterocycles. The lowest BCUT2D eigenvalue weighted by atomic mass is 10.2. The van der Waals surface area contributed by atoms with Gasteiger partial charge in [-0.05, 0) is 29.8 Å². The van der Waals surface area contributed by atoms with Gasteiger partial charge in [-0.1, -0.05) is 15.9 Å². The van der Waals surface area contributed by atoms with Crippen LogP contribution in [0.5, 0.6) is 5.75 Å². The van der Waals surface area contributed by atoms with Gasteiger partial charge in [0.25, 0.3) is 0 Å². The second-order valence-corrected chi connectivity index (χ2v) is 4.68. The Balaban J connectivity index is 2.14. The van der Waals surface area contributed by atoms with E-state index in [1.54, 1.807) is 18.5 Å². The minimum atomic E-state index is -4.72. The summed E-state index contributed by atoms with van der Waals surface area (Å²) in [6.45, 7) is 0.402. The van der Waals surface area contributed by atoms with Crippen molar-refractivity contribution < 1.29 is 17.9 Å². The van der Waals surface area contributed by atoms with Crippen LogP contribution in [0.4, 0.5) is 18.9 Å². The van der Waals surface area contributed by atoms with Crippen LogP contribution in [0.2, 0.25) is 0 Å². The van der Waals surface area contributed by atoms with E-state index in [0.717, 1.165) is 5.56 Å². The number of rotatable bonds is 4. The molecule has 0 aliphatic heterocycles. The van der Waals surface area contributed by atoms with E-state index in [4.69, 9.17) is 0 Å². The molecular weight excluding hydrogens is 325 g/mol. The van der Waals surface area contributed by atoms with E-state index in [1.807, 2.05) is 6.07 Å². The highest BCUT2D eigenvalue weighted by atomic mass is 79.9. The van der Waals surface area contributed by atoms with Crippen LogP contribution in [-0.4, -0.2) is 11.3 Å². The van der Waals surface area contributed by atoms with E-state index >= 15 is 0 Å². The number of benzene rings is 1. The molecule has 3 nitrogen and oxygen atoms in total. The maximum absolute atomic E-state index is 12.3. The van der Waals surface area contributed by atoms with Gasteiger partial charge in [-0.3, -0.25) is 0 Å². The molecule has 1 heterocycles. The Kier molecular flexibility index (Phi) is 4.04. The second kappa shape index (κ2) is 5.56. The van der Waals surface area contributed by atoms with E-state index in [0.29, 0.717) is 11.0 Å². The topological polar surface area (TPSA) is 37.0 Å². The zero-order valence-electron chi connectivity index (χ0n) is 9.59. The van der Waals surface area contributed by atoms with Gasteiger partial charge in [-0.15, -0.1) is 13.2 Å². The minimum Gasteiger partial charge on any atom is -0.404 e. The van der Waals surface area contributed by atoms with Crippen LogP contribution in [0.3, 0.4) is 0 Å². The summed E-state index contributed by atoms with van der Waals surface area (Å²) in [5.74, 6) is -0.266. The summed E-state index contributed by atoms with van der Waals surface area (Å²) < 4.78 is 41.4. The summed E-state index contributed by atoms with van der Waals surface area (Å²) >= 11 is 3.11. The molecule has 0 radical (unpaired) electrons. The first kappa shape index (κ1) is 13.8. The zero-order chi connectivity index (χ0) is 13.9. The van der Waals surface area contributed by atoms with E-state index in [9.17, 15) is 13.2 Å². The third-order valence-corrected chi connectivity index (χ3v) is 2.81. The first-order valence-electron chi connectivity index (χ1n) is 5.35. The van der Waals surface area contributed by atoms with Gasteiger partial charge in [0.2, 0.25) is 0 Å². The third-order valence-electron chi connectivity index (χ3n) is 2.31. The Labute approximate surface area is 115 Å². The number of nitrogens with one attached hydrogen (secondary N) is 2. The first-order valence-corrected chi connectivity index (χ1v) is 6.14. The van der Waals surface area contributed by atoms with Crippen LogP contribution in [0.15, 0.2) is 41.1 Å². The number of H-pyrrole nitrogens is 1. The molecule has 0 unspecified atom stereocenters. The molecule has 0 spiro atoms. The van der Waals surface area contributed by atoms with Gasteiger partial charge >= 0.3 is 6.36 Å². The fraction of sp³-hybridized carbons (Fsp3) is 0.167. The van der Waals surface area contributed by atoms with Crippen molar-refractivity contribution in [1.29, 1.82) is 0 Å². The normalized spacial score (nSPS) is 11.4. The van der Waals surface area contributed by atoms with Gasteiger partial charge in [0.15, 0.2) is 5.75 Å². The highest BCUT2D eigenvalue weighted by Crippen LogP contribution is 2.33. The summed E-state index contributed by atoms with van der Waals surface area (Å²) in [5, 5.41) is 2.90. The fourth-order valence-electron chi connectivity index (χ4n) is 1.52. The lowest BCUT2D eigenvalue weighted by molar-refractivity contribution is -0.274. The third kappa shape index (κ3) is 4.20. The van der Waals surface area contributed by atoms with Gasteiger partial charge in [0.1, 0.15) is 0 Å². The summed E-state index contributed by atoms with van der Waals surface area (Å²) in [6, 6.07) is 6.27. The van der Waals surface area contributed by atoms with Crippen molar-refractivity contribution in [3.63, 3.8) is 0 Å². The fourth-order valence-corrected chi connectivity index (χ4v) is 1.86. The molecule has 0 saturated carbocycles. The number of anilines is 1. The summed E-state index contributed by atoms with van der Waals surface area (Å²) in [7, 11) is 0. The van der Waals surface area contributed by atoms with Gasteiger partial charge in [-0.25, -0.2) is 0 Å². The van der Waals surface area contributed by atoms with Crippen molar-refractivity contribution in [2.75, 3.05) is 5.32 Å². The van der Waals surface area contributed by atoms with Crippen LogP contribution >= 0.6 is 15.9 Å². The van der Waals surface area contributed by atoms with E-state index < -0.39 is 6.36 Å². The van der Waals surface area contributed by atoms with Crippen LogP contribution in [0, 0.1) is 0 Å². The molecule has 19 heavy (non-hydrogen) atoms. The monoisotopic (exact) mass is 334 g/mol. The standard InChI is InChI=1S/C12H10BrF3N2O/c13-9-1-2-10(11(5-9)19-12(14,15)16)18-7-8-3-4-17-6-8/h1-6,17-18H,7H2. The number of ether oxygens (including phenoxy) is 1. The van der Waals surface area contributed by atoms with Gasteiger partial charge < -0.3 is 15.0 Å². The molecular formula is C12H10BrF3N2O. The Hall–Kier alpha value is -1.63. The number of aromatic nitrogens is 1. The Morgan fingerprint density at radius 2 is 2.05 bits per heavy atom. The molecule has 0 bridgehead atoms. The van der Waals surface area contributed by atoms with Gasteiger partial charge in [-0.2, -0.15) is 0 Å². The lowest BCUT2D eigenvalue weighted by Gasteiger charge is -2.14. The van der Waals surface area contributed by atoms with Crippen molar-refractivity contribution in [1.82, 2.24) is 4.98 Å². The SMILES string of the molecule is FC(F)(F)Oc1cc(Br)ccc1NCc1cc[nH]c1. The van der Waals surface area contributed by atoms with Gasteiger partial charge in [0.05, 0.1) is 5.69 Å². The molecule has 0 atom stereocenters. The van der Waals surface area contributed by atoms with E-state index in [1.165, 1.54) is 12.1 Å². The molecule has 0 aliphatic carbocycles. The molecule has 0 amide bonds. The van der Waals surface area contributed by atoms with Crippen LogP contribution in [0.1, 0.15) is 5.56 Å². The molecule has 2 rings (SSSR count). The lowest BCUT2D eigenvalue weighted by Crippen LogP contribution is -2.18. The summed E-state index contributed by atoms with van der Waals surface area (Å²) in [6.07, 6.45) is -1.22. The number of aromatic amines is 1. The zero-order valence-corrected chi connectivity index (χ0v) is 11.2. The van der Waals surface area contributed by atoms with Crippen molar-refractivity contribution in [3.05, 3.63) is 46.7 Å². The largest absolute Gasteiger partial charge is 0.573 e. The molecule has 0 aliphatic rings. The van der Waals surface area contributed by atoms with E-state index in [2.05, 4.69) is 31.0 Å². The highest BCUT2D eigenvalue weighted by Gasteiger charge is 2.32. The van der Waals surface area contributed by atoms with E-state index in [-0.39, 0.29) is 11.4 Å². The Morgan fingerprint density at radius 3 is 2.68 bits per heavy atom. The van der Waals surface area contributed by atoms with Crippen molar-refractivity contribution in [2.45, 2.75) is 12.9 Å². The average molecular weight is 335 g/mol. The minimum absolute atomic E-state index is 0.266. The van der Waals surface area contributed by atoms with Crippen molar-refractivity contribution in [2.24, 2.45) is 0 Å². The van der Waals surface area contributed by atoms with Crippen molar-refractivity contribution >= 4 is 21.6 Å². The van der Waals surface area contributed by atoms with Gasteiger partial charge in [0, 0.05) is 23.4 Å². The Morgan fingerprint density at radius 1 is 1.26 bits per heavy atom. The first-order chi connectivity index (χ1) is 8.94. The maximum atomic E-state index is 12.3. The summed E-state index contributed by atoms with van der Waals surface area (Å²) in [4.78, 5) is 2.87. The van der Waals surface area contributed by atoms with Crippen LogP contribution in [-0.2, 0) is 6.54 Å². The average Bonchev–Trinajstić information content (AvgIpc) is 2.78. The smallest absolute Gasteiger partial charge is 0.404 e. The molecule has 2 aromatic rings. The molecule has 0 fully saturated rings. The highest BCUT2D eigenvalue weighted by molar-refractivity contribution is 9.10. The van der Waals surface area contributed by atoms with Crippen LogP contribution in [0.25, 0.3) is 0 Å². The second-order valence-electron chi connectivity index (χ2n) is 3.76. The summed E-state index contributed by atoms with van der Waals surface area (Å²) in [5.41, 5.74) is 1.21. The molecule has 2 N–H and O–H groups in total. The maximum Gasteiger partial charge on any atom is 0.573 e. The number of hydrogen-bond acceptors (Lipinski definition) is 2. The molecule has 1 aromatic carbocycles. The Bertz CT molecular complexity index is 540. The van der Waals surface area contributed by atoms with Crippen molar-refractivity contribution in [3.8, 4) is 5.75 Å². The molecule has 102 valence electrons. The molecule has 7 heteroatoms. The predicted molar refractivity (Wildman–Crippen MR) is 68.9 cm³/mol. The molecule has 1 aromatic heterocycles. The predicted octanol–water partition coefficient (Wildman–Crippen LogP) is 4.29. The van der Waals surface area contributed by atoms with Crippen LogP contribution < -0.4 is 10.1 Å².